The summed E-state index contributed by atoms with van der Waals surface area (Å²) in [5.74, 6) is 2.69. The molecule has 2 aromatic carbocycles. The fourth-order valence-corrected chi connectivity index (χ4v) is 5.39. The van der Waals surface area contributed by atoms with Crippen LogP contribution in [0.2, 0.25) is 0 Å². The molecule has 0 radical (unpaired) electrons. The van der Waals surface area contributed by atoms with Gasteiger partial charge in [0, 0.05) is 68.3 Å². The number of piperazine rings is 1. The van der Waals surface area contributed by atoms with Gasteiger partial charge in [-0.25, -0.2) is 0 Å². The van der Waals surface area contributed by atoms with Gasteiger partial charge in [0.15, 0.2) is 0 Å². The summed E-state index contributed by atoms with van der Waals surface area (Å²) in [4.78, 5) is 20.1. The number of allylic oxidation sites excluding steroid dienone is 3. The summed E-state index contributed by atoms with van der Waals surface area (Å²) in [6.45, 7) is 10.7. The van der Waals surface area contributed by atoms with E-state index in [0.29, 0.717) is 18.7 Å². The minimum absolute atomic E-state index is 0.104. The zero-order valence-electron chi connectivity index (χ0n) is 22.7. The molecular formula is C32H37N5O. The maximum absolute atomic E-state index is 13.5. The smallest absolute Gasteiger partial charge is 0.254 e. The molecule has 0 aromatic heterocycles. The summed E-state index contributed by atoms with van der Waals surface area (Å²) in [5.41, 5.74) is 6.58. The summed E-state index contributed by atoms with van der Waals surface area (Å²) in [7, 11) is 0. The number of benzene rings is 2. The molecule has 6 heteroatoms. The van der Waals surface area contributed by atoms with Gasteiger partial charge in [0.25, 0.3) is 5.91 Å². The maximum Gasteiger partial charge on any atom is 0.254 e. The molecule has 1 N–H and O–H groups in total. The summed E-state index contributed by atoms with van der Waals surface area (Å²) >= 11 is 0. The molecule has 0 unspecified atom stereocenters. The summed E-state index contributed by atoms with van der Waals surface area (Å²) in [6.07, 6.45) is 10.9. The number of carbonyl (C=O) groups excluding carboxylic acids is 1. The normalized spacial score (nSPS) is 17.1. The van der Waals surface area contributed by atoms with E-state index < -0.39 is 0 Å². The van der Waals surface area contributed by atoms with Gasteiger partial charge >= 0.3 is 0 Å². The zero-order chi connectivity index (χ0) is 27.1. The number of nitrogens with one attached hydrogen (secondary N) is 1. The second-order valence-corrected chi connectivity index (χ2v) is 10.0. The third-order valence-corrected chi connectivity index (χ3v) is 7.59. The van der Waals surface area contributed by atoms with Crippen molar-refractivity contribution >= 4 is 17.3 Å². The number of rotatable bonds is 6. The van der Waals surface area contributed by atoms with Crippen LogP contribution in [0.15, 0.2) is 65.9 Å². The Balaban J connectivity index is 1.40. The van der Waals surface area contributed by atoms with Crippen LogP contribution < -0.4 is 10.2 Å². The molecule has 6 nitrogen and oxygen atoms in total. The molecule has 0 atom stereocenters. The molecule has 38 heavy (non-hydrogen) atoms. The lowest BCUT2D eigenvalue weighted by atomic mass is 9.99. The number of aryl methyl sites for hydroxylation is 2. The molecule has 1 amide bonds. The van der Waals surface area contributed by atoms with Crippen molar-refractivity contribution in [3.8, 4) is 18.4 Å². The first-order valence-electron chi connectivity index (χ1n) is 13.4. The van der Waals surface area contributed by atoms with Crippen molar-refractivity contribution in [3.05, 3.63) is 82.6 Å². The standard InChI is InChI=1S/C32H37N5O/c1-5-10-31(26(6-2)23-33)36-15-13-27(14-16-36)34-30-22-29(24(3)21-25(30)4)32(38)37-19-17-35(18-20-37)28-11-8-7-9-12-28/h1,6-12,21-22,27,34H,13-20H2,2-4H3/b26-6-,31-10+. The number of terminal acetylenes is 1. The first-order chi connectivity index (χ1) is 18.4. The van der Waals surface area contributed by atoms with Crippen molar-refractivity contribution in [2.24, 2.45) is 0 Å². The quantitative estimate of drug-likeness (QED) is 0.334. The number of amides is 1. The van der Waals surface area contributed by atoms with Crippen LogP contribution in [0.3, 0.4) is 0 Å². The van der Waals surface area contributed by atoms with E-state index in [0.717, 1.165) is 67.1 Å². The average molecular weight is 508 g/mol. The minimum Gasteiger partial charge on any atom is -0.382 e. The van der Waals surface area contributed by atoms with Crippen LogP contribution >= 0.6 is 0 Å². The lowest BCUT2D eigenvalue weighted by Gasteiger charge is -2.37. The Morgan fingerprint density at radius 3 is 2.29 bits per heavy atom. The van der Waals surface area contributed by atoms with Gasteiger partial charge < -0.3 is 20.0 Å². The molecule has 2 aliphatic rings. The molecule has 2 fully saturated rings. The van der Waals surface area contributed by atoms with Gasteiger partial charge in [-0.15, -0.1) is 6.42 Å². The number of hydrogen-bond donors (Lipinski definition) is 1. The number of nitrogens with zero attached hydrogens (tertiary/aromatic N) is 4. The van der Waals surface area contributed by atoms with E-state index in [9.17, 15) is 10.1 Å². The Morgan fingerprint density at radius 1 is 1.00 bits per heavy atom. The maximum atomic E-state index is 13.5. The Labute approximate surface area is 227 Å². The fraction of sp³-hybridized carbons (Fsp3) is 0.375. The molecule has 2 heterocycles. The molecular weight excluding hydrogens is 470 g/mol. The predicted octanol–water partition coefficient (Wildman–Crippen LogP) is 5.13. The third kappa shape index (κ3) is 6.03. The molecule has 0 aliphatic carbocycles. The third-order valence-electron chi connectivity index (χ3n) is 7.59. The second-order valence-electron chi connectivity index (χ2n) is 10.0. The lowest BCUT2D eigenvalue weighted by Crippen LogP contribution is -2.49. The van der Waals surface area contributed by atoms with Gasteiger partial charge in [0.2, 0.25) is 0 Å². The summed E-state index contributed by atoms with van der Waals surface area (Å²) in [5, 5.41) is 13.2. The summed E-state index contributed by atoms with van der Waals surface area (Å²) in [6, 6.07) is 17.1. The van der Waals surface area contributed by atoms with Gasteiger partial charge in [0.05, 0.1) is 11.3 Å². The first kappa shape index (κ1) is 26.9. The van der Waals surface area contributed by atoms with E-state index in [2.05, 4.69) is 64.4 Å². The number of piperidine rings is 1. The number of anilines is 2. The number of hydrogen-bond acceptors (Lipinski definition) is 5. The van der Waals surface area contributed by atoms with Gasteiger partial charge in [-0.1, -0.05) is 36.3 Å². The topological polar surface area (TPSA) is 62.6 Å². The second kappa shape index (κ2) is 12.4. The molecule has 0 spiro atoms. The van der Waals surface area contributed by atoms with Crippen molar-refractivity contribution in [3.63, 3.8) is 0 Å². The Morgan fingerprint density at radius 2 is 1.68 bits per heavy atom. The van der Waals surface area contributed by atoms with Crippen molar-refractivity contribution in [1.82, 2.24) is 9.80 Å². The highest BCUT2D eigenvalue weighted by atomic mass is 16.2. The van der Waals surface area contributed by atoms with Gasteiger partial charge in [-0.2, -0.15) is 5.26 Å². The lowest BCUT2D eigenvalue weighted by molar-refractivity contribution is 0.0746. The number of nitriles is 1. The molecule has 2 saturated heterocycles. The summed E-state index contributed by atoms with van der Waals surface area (Å²) < 4.78 is 0. The van der Waals surface area contributed by atoms with E-state index in [4.69, 9.17) is 6.42 Å². The van der Waals surface area contributed by atoms with Gasteiger partial charge in [0.1, 0.15) is 6.07 Å². The van der Waals surface area contributed by atoms with Crippen molar-refractivity contribution in [2.45, 2.75) is 39.7 Å². The SMILES string of the molecule is C#C/C=C(\C(C#N)=C/C)N1CCC(Nc2cc(C(=O)N3CCN(c4ccccc4)CC3)c(C)cc2C)CC1. The first-order valence-corrected chi connectivity index (χ1v) is 13.4. The number of likely N-dealkylation sites (tertiary alicyclic amines) is 1. The molecule has 0 bridgehead atoms. The predicted molar refractivity (Wildman–Crippen MR) is 155 cm³/mol. The highest BCUT2D eigenvalue weighted by Crippen LogP contribution is 2.27. The monoisotopic (exact) mass is 507 g/mol. The van der Waals surface area contributed by atoms with Crippen LogP contribution in [0.4, 0.5) is 11.4 Å². The average Bonchev–Trinajstić information content (AvgIpc) is 2.95. The van der Waals surface area contributed by atoms with E-state index in [1.165, 1.54) is 5.69 Å². The van der Waals surface area contributed by atoms with Crippen LogP contribution in [0, 0.1) is 37.5 Å². The molecule has 2 aliphatic heterocycles. The van der Waals surface area contributed by atoms with Crippen molar-refractivity contribution < 1.29 is 4.79 Å². The molecule has 0 saturated carbocycles. The fourth-order valence-electron chi connectivity index (χ4n) is 5.39. The van der Waals surface area contributed by atoms with Crippen LogP contribution in [-0.4, -0.2) is 61.0 Å². The van der Waals surface area contributed by atoms with E-state index in [1.54, 1.807) is 6.08 Å². The van der Waals surface area contributed by atoms with Gasteiger partial charge in [-0.3, -0.25) is 4.79 Å². The van der Waals surface area contributed by atoms with Crippen LogP contribution in [0.25, 0.3) is 0 Å². The van der Waals surface area contributed by atoms with Crippen LogP contribution in [0.5, 0.6) is 0 Å². The van der Waals surface area contributed by atoms with E-state index >= 15 is 0 Å². The Bertz CT molecular complexity index is 1280. The Kier molecular flexibility index (Phi) is 8.77. The van der Waals surface area contributed by atoms with E-state index in [1.807, 2.05) is 37.0 Å². The van der Waals surface area contributed by atoms with Crippen molar-refractivity contribution in [2.75, 3.05) is 49.5 Å². The van der Waals surface area contributed by atoms with E-state index in [-0.39, 0.29) is 11.9 Å². The van der Waals surface area contributed by atoms with Gasteiger partial charge in [-0.05, 0) is 62.9 Å². The Hall–Kier alpha value is -4.16. The highest BCUT2D eigenvalue weighted by molar-refractivity contribution is 5.97. The minimum atomic E-state index is 0.104. The largest absolute Gasteiger partial charge is 0.382 e. The molecule has 196 valence electrons. The highest BCUT2D eigenvalue weighted by Gasteiger charge is 2.26. The van der Waals surface area contributed by atoms with Crippen LogP contribution in [0.1, 0.15) is 41.3 Å². The number of para-hydroxylation sites is 1. The van der Waals surface area contributed by atoms with Crippen molar-refractivity contribution in [1.29, 1.82) is 5.26 Å². The zero-order valence-corrected chi connectivity index (χ0v) is 22.7. The molecule has 2 aromatic rings. The van der Waals surface area contributed by atoms with Crippen LogP contribution in [-0.2, 0) is 0 Å². The molecule has 4 rings (SSSR count). The number of carbonyl (C=O) groups is 1.